The second-order valence-electron chi connectivity index (χ2n) is 10.1. The third-order valence-corrected chi connectivity index (χ3v) is 6.78. The predicted octanol–water partition coefficient (Wildman–Crippen LogP) is 6.00. The summed E-state index contributed by atoms with van der Waals surface area (Å²) in [6.45, 7) is 2.10. The van der Waals surface area contributed by atoms with Gasteiger partial charge in [0.15, 0.2) is 5.60 Å². The maximum Gasteiger partial charge on any atom is 0.323 e. The standard InChI is InChI=1S/C32H27F5N6O2/c1-3-27(34)15-26(16-33)31(44,20-43-21-42(2)40-41-43)32(36,37)30-13-9-23(18-39-30)5-4-22-7-11-28(12-8-22)45-19-24-6-10-25(17-38)29(35)14-24/h3,6-16,23,44H,1,18-21H2,2H3/b26-16-,27-15+/t23?,31-/m0/s1. The number of halogens is 5. The van der Waals surface area contributed by atoms with Crippen molar-refractivity contribution >= 4 is 5.71 Å². The van der Waals surface area contributed by atoms with Gasteiger partial charge in [-0.15, -0.1) is 0 Å². The van der Waals surface area contributed by atoms with Crippen LogP contribution in [0.1, 0.15) is 16.7 Å². The molecule has 0 aromatic heterocycles. The van der Waals surface area contributed by atoms with E-state index in [9.17, 15) is 18.3 Å². The van der Waals surface area contributed by atoms with Gasteiger partial charge in [-0.25, -0.2) is 13.2 Å². The summed E-state index contributed by atoms with van der Waals surface area (Å²) in [5.41, 5.74) is -4.07. The van der Waals surface area contributed by atoms with Crippen molar-refractivity contribution in [2.75, 3.05) is 26.8 Å². The lowest BCUT2D eigenvalue weighted by Crippen LogP contribution is -2.59. The second-order valence-corrected chi connectivity index (χ2v) is 10.1. The van der Waals surface area contributed by atoms with Crippen LogP contribution in [0.4, 0.5) is 22.0 Å². The van der Waals surface area contributed by atoms with Crippen LogP contribution in [0, 0.1) is 34.9 Å². The molecule has 1 unspecified atom stereocenters. The van der Waals surface area contributed by atoms with Gasteiger partial charge in [0.2, 0.25) is 0 Å². The molecule has 0 fully saturated rings. The highest BCUT2D eigenvalue weighted by atomic mass is 19.3. The Morgan fingerprint density at radius 1 is 1.22 bits per heavy atom. The number of hydrogen-bond donors (Lipinski definition) is 1. The summed E-state index contributed by atoms with van der Waals surface area (Å²) >= 11 is 0. The van der Waals surface area contributed by atoms with Gasteiger partial charge in [-0.2, -0.15) is 14.0 Å². The Bertz CT molecular complexity index is 1680. The summed E-state index contributed by atoms with van der Waals surface area (Å²) in [4.78, 5) is 3.94. The van der Waals surface area contributed by atoms with Crippen molar-refractivity contribution in [2.24, 2.45) is 21.4 Å². The molecule has 2 aliphatic heterocycles. The van der Waals surface area contributed by atoms with Crippen LogP contribution in [-0.4, -0.2) is 59.2 Å². The Hall–Kier alpha value is -5.27. The molecule has 2 aromatic carbocycles. The molecule has 2 aliphatic rings. The Morgan fingerprint density at radius 3 is 2.56 bits per heavy atom. The molecule has 45 heavy (non-hydrogen) atoms. The molecule has 0 saturated carbocycles. The van der Waals surface area contributed by atoms with Crippen LogP contribution in [-0.2, 0) is 6.61 Å². The highest BCUT2D eigenvalue weighted by Gasteiger charge is 2.59. The van der Waals surface area contributed by atoms with E-state index in [1.807, 2.05) is 0 Å². The highest BCUT2D eigenvalue weighted by Crippen LogP contribution is 2.40. The van der Waals surface area contributed by atoms with E-state index in [-0.39, 0.29) is 31.7 Å². The minimum atomic E-state index is -4.19. The molecule has 0 bridgehead atoms. The highest BCUT2D eigenvalue weighted by molar-refractivity contribution is 6.02. The lowest BCUT2D eigenvalue weighted by Gasteiger charge is -2.38. The smallest absolute Gasteiger partial charge is 0.323 e. The molecular weight excluding hydrogens is 595 g/mol. The van der Waals surface area contributed by atoms with Crippen molar-refractivity contribution in [1.29, 1.82) is 5.26 Å². The summed E-state index contributed by atoms with van der Waals surface area (Å²) in [6.07, 6.45) is 3.21. The monoisotopic (exact) mass is 622 g/mol. The van der Waals surface area contributed by atoms with Crippen molar-refractivity contribution in [3.8, 4) is 23.7 Å². The zero-order valence-electron chi connectivity index (χ0n) is 24.0. The van der Waals surface area contributed by atoms with Gasteiger partial charge >= 0.3 is 5.92 Å². The summed E-state index contributed by atoms with van der Waals surface area (Å²) < 4.78 is 79.2. The topological polar surface area (TPSA) is 96.8 Å². The van der Waals surface area contributed by atoms with Crippen LogP contribution in [0.3, 0.4) is 0 Å². The Labute approximate surface area is 256 Å². The summed E-state index contributed by atoms with van der Waals surface area (Å²) in [7, 11) is 1.52. The first-order valence-electron chi connectivity index (χ1n) is 13.4. The Balaban J connectivity index is 1.44. The SMILES string of the molecule is C=C/C(F)=C\C(=C\F)[C@@](O)(CN1CN(C)N=N1)C(F)(F)C1=NCC(C#Cc2ccc(OCc3ccc(C#N)c(F)c3)cc2)C=C1. The van der Waals surface area contributed by atoms with E-state index in [0.717, 1.165) is 11.1 Å². The molecule has 0 saturated heterocycles. The quantitative estimate of drug-likeness (QED) is 0.199. The first kappa shape index (κ1) is 32.6. The number of nitrogens with zero attached hydrogens (tertiary/aromatic N) is 6. The molecule has 8 nitrogen and oxygen atoms in total. The molecule has 0 aliphatic carbocycles. The maximum absolute atomic E-state index is 15.9. The van der Waals surface area contributed by atoms with Crippen LogP contribution in [0.25, 0.3) is 0 Å². The van der Waals surface area contributed by atoms with Crippen molar-refractivity contribution in [3.05, 3.63) is 114 Å². The lowest BCUT2D eigenvalue weighted by atomic mass is 9.83. The average molecular weight is 623 g/mol. The van der Waals surface area contributed by atoms with E-state index in [4.69, 9.17) is 10.00 Å². The molecule has 0 radical (unpaired) electrons. The molecular formula is C32H27F5N6O2. The Morgan fingerprint density at radius 2 is 1.98 bits per heavy atom. The van der Waals surface area contributed by atoms with Gasteiger partial charge in [-0.05, 0) is 60.2 Å². The van der Waals surface area contributed by atoms with Gasteiger partial charge in [0.05, 0.1) is 30.9 Å². The fourth-order valence-corrected chi connectivity index (χ4v) is 4.33. The summed E-state index contributed by atoms with van der Waals surface area (Å²) in [6, 6.07) is 12.7. The number of allylic oxidation sites excluding steroid dienone is 3. The van der Waals surface area contributed by atoms with Crippen molar-refractivity contribution in [1.82, 2.24) is 10.0 Å². The number of rotatable bonds is 10. The van der Waals surface area contributed by atoms with Crippen LogP contribution in [0.15, 0.2) is 107 Å². The van der Waals surface area contributed by atoms with E-state index >= 15 is 8.78 Å². The van der Waals surface area contributed by atoms with Gasteiger partial charge in [0.25, 0.3) is 0 Å². The van der Waals surface area contributed by atoms with Gasteiger partial charge < -0.3 is 9.84 Å². The third kappa shape index (κ3) is 7.63. The molecule has 0 spiro atoms. The van der Waals surface area contributed by atoms with Crippen molar-refractivity contribution in [3.63, 3.8) is 0 Å². The number of aliphatic imine (C=N–C) groups is 1. The van der Waals surface area contributed by atoms with Crippen LogP contribution in [0.5, 0.6) is 5.75 Å². The number of hydrogen-bond acceptors (Lipinski definition) is 8. The van der Waals surface area contributed by atoms with Crippen LogP contribution < -0.4 is 4.74 Å². The van der Waals surface area contributed by atoms with Gasteiger partial charge in [-0.3, -0.25) is 15.0 Å². The Kier molecular flexibility index (Phi) is 10.2. The van der Waals surface area contributed by atoms with E-state index in [1.54, 1.807) is 36.4 Å². The first-order chi connectivity index (χ1) is 21.5. The zero-order chi connectivity index (χ0) is 32.6. The number of aliphatic hydroxyl groups is 1. The van der Waals surface area contributed by atoms with E-state index in [1.165, 1.54) is 30.3 Å². The molecule has 2 heterocycles. The molecule has 2 aromatic rings. The van der Waals surface area contributed by atoms with Crippen LogP contribution in [0.2, 0.25) is 0 Å². The lowest BCUT2D eigenvalue weighted by molar-refractivity contribution is -0.124. The third-order valence-electron chi connectivity index (χ3n) is 6.78. The molecule has 2 atom stereocenters. The van der Waals surface area contributed by atoms with Gasteiger partial charge in [0, 0.05) is 18.2 Å². The predicted molar refractivity (Wildman–Crippen MR) is 156 cm³/mol. The van der Waals surface area contributed by atoms with Crippen LogP contribution >= 0.6 is 0 Å². The minimum absolute atomic E-state index is 0.0539. The van der Waals surface area contributed by atoms with Crippen molar-refractivity contribution in [2.45, 2.75) is 18.1 Å². The average Bonchev–Trinajstić information content (AvgIpc) is 3.45. The number of benzene rings is 2. The largest absolute Gasteiger partial charge is 0.489 e. The number of dihydropyridines is 1. The first-order valence-corrected chi connectivity index (χ1v) is 13.4. The fourth-order valence-electron chi connectivity index (χ4n) is 4.33. The zero-order valence-corrected chi connectivity index (χ0v) is 24.0. The normalized spacial score (nSPS) is 18.1. The maximum atomic E-state index is 15.9. The molecule has 4 rings (SSSR count). The molecule has 1 N–H and O–H groups in total. The fraction of sp³-hybridized carbons (Fsp3) is 0.250. The van der Waals surface area contributed by atoms with E-state index < -0.39 is 46.9 Å². The van der Waals surface area contributed by atoms with E-state index in [2.05, 4.69) is 33.9 Å². The number of nitriles is 1. The molecule has 0 amide bonds. The minimum Gasteiger partial charge on any atom is -0.489 e. The van der Waals surface area contributed by atoms with Gasteiger partial charge in [-0.1, -0.05) is 41.0 Å². The summed E-state index contributed by atoms with van der Waals surface area (Å²) in [5.74, 6) is -0.132. The number of ether oxygens (including phenoxy) is 1. The van der Waals surface area contributed by atoms with Crippen molar-refractivity contribution < 1.29 is 31.8 Å². The number of alkyl halides is 2. The molecule has 13 heteroatoms. The van der Waals surface area contributed by atoms with E-state index in [0.29, 0.717) is 29.0 Å². The summed E-state index contributed by atoms with van der Waals surface area (Å²) in [5, 5.41) is 29.7. The van der Waals surface area contributed by atoms with Gasteiger partial charge in [0.1, 0.15) is 42.5 Å². The second kappa shape index (κ2) is 14.0. The number of β-amino-alcohol motifs (C(OH)–C–C–N with tert-alkyl or cyclic N) is 1. The molecule has 232 valence electrons.